The molecular formula is C17H25Cl2N2O-. The number of β-amino-alcohol motifs (C(OH)–C–C–N with tert-alkyl or cyclic N) is 1. The van der Waals surface area contributed by atoms with Gasteiger partial charge >= 0.3 is 0 Å². The maximum Gasteiger partial charge on any atom is 0.104 e. The van der Waals surface area contributed by atoms with Crippen molar-refractivity contribution in [3.05, 3.63) is 40.4 Å². The Kier molecular flexibility index (Phi) is 6.97. The van der Waals surface area contributed by atoms with Crippen LogP contribution in [0.5, 0.6) is 0 Å². The minimum atomic E-state index is -0.935. The summed E-state index contributed by atoms with van der Waals surface area (Å²) in [4.78, 5) is 2.19. The van der Waals surface area contributed by atoms with Gasteiger partial charge in [0.25, 0.3) is 0 Å². The van der Waals surface area contributed by atoms with E-state index < -0.39 is 5.60 Å². The Balaban J connectivity index is 2.14. The highest BCUT2D eigenvalue weighted by Crippen LogP contribution is 2.35. The van der Waals surface area contributed by atoms with Gasteiger partial charge in [-0.25, -0.2) is 0 Å². The predicted molar refractivity (Wildman–Crippen MR) is 93.0 cm³/mol. The molecule has 1 saturated heterocycles. The van der Waals surface area contributed by atoms with Crippen molar-refractivity contribution in [3.8, 4) is 0 Å². The van der Waals surface area contributed by atoms with E-state index >= 15 is 0 Å². The summed E-state index contributed by atoms with van der Waals surface area (Å²) in [6.45, 7) is 6.38. The number of aliphatic hydroxyl groups is 1. The monoisotopic (exact) mass is 343 g/mol. The molecule has 1 aromatic rings. The van der Waals surface area contributed by atoms with E-state index in [1.54, 1.807) is 12.1 Å². The molecule has 22 heavy (non-hydrogen) atoms. The first-order chi connectivity index (χ1) is 10.5. The van der Waals surface area contributed by atoms with Crippen molar-refractivity contribution in [2.45, 2.75) is 44.6 Å². The molecule has 2 N–H and O–H groups in total. The zero-order valence-corrected chi connectivity index (χ0v) is 14.6. The molecule has 1 heterocycles. The molecule has 1 aromatic carbocycles. The van der Waals surface area contributed by atoms with Crippen LogP contribution in [0.3, 0.4) is 0 Å². The Hall–Kier alpha value is -0.320. The Morgan fingerprint density at radius 2 is 2.14 bits per heavy atom. The van der Waals surface area contributed by atoms with Gasteiger partial charge in [0, 0.05) is 28.8 Å². The molecule has 1 fully saturated rings. The molecule has 3 nitrogen and oxygen atoms in total. The van der Waals surface area contributed by atoms with Crippen LogP contribution < -0.4 is 5.32 Å². The van der Waals surface area contributed by atoms with Gasteiger partial charge in [0.2, 0.25) is 0 Å². The third kappa shape index (κ3) is 4.84. The maximum absolute atomic E-state index is 11.3. The zero-order chi connectivity index (χ0) is 16.0. The molecule has 0 aromatic heterocycles. The molecular weight excluding hydrogens is 319 g/mol. The standard InChI is InChI=1S/C17H25Cl2N2O/c1-2-3-4-5-8-17(22,12-21-10-9-20-13-21)15-7-6-14(18)11-16(15)19/h6-7,9,11,20,22H,2-5,8,10,12-13H2,1H3/q-1/t17-/m1/s1. The summed E-state index contributed by atoms with van der Waals surface area (Å²) in [6, 6.07) is 5.37. The van der Waals surface area contributed by atoms with Crippen molar-refractivity contribution < 1.29 is 5.11 Å². The topological polar surface area (TPSA) is 35.5 Å². The molecule has 2 rings (SSSR count). The number of nitrogens with one attached hydrogen (secondary N) is 1. The van der Waals surface area contributed by atoms with Crippen LogP contribution in [0.1, 0.15) is 44.6 Å². The number of hydrogen-bond acceptors (Lipinski definition) is 3. The summed E-state index contributed by atoms with van der Waals surface area (Å²) < 4.78 is 0. The molecule has 1 aliphatic heterocycles. The van der Waals surface area contributed by atoms with E-state index in [9.17, 15) is 5.11 Å². The van der Waals surface area contributed by atoms with Gasteiger partial charge in [-0.05, 0) is 18.6 Å². The molecule has 1 aliphatic rings. The van der Waals surface area contributed by atoms with Gasteiger partial charge < -0.3 is 15.3 Å². The SMILES string of the molecule is CCCCCC[C@@](O)(CN1C[CH-]NC1)c1ccc(Cl)cc1Cl. The van der Waals surface area contributed by atoms with Crippen LogP contribution >= 0.6 is 23.2 Å². The number of hydrogen-bond donors (Lipinski definition) is 2. The van der Waals surface area contributed by atoms with Gasteiger partial charge in [-0.1, -0.05) is 61.9 Å². The molecule has 124 valence electrons. The second-order valence-electron chi connectivity index (χ2n) is 6.04. The first-order valence-corrected chi connectivity index (χ1v) is 8.76. The fourth-order valence-corrected chi connectivity index (χ4v) is 3.54. The van der Waals surface area contributed by atoms with Gasteiger partial charge in [-0.15, -0.1) is 6.54 Å². The smallest absolute Gasteiger partial charge is 0.104 e. The summed E-state index contributed by atoms with van der Waals surface area (Å²) in [7, 11) is 0. The third-order valence-electron chi connectivity index (χ3n) is 4.17. The minimum Gasteiger partial charge on any atom is -0.457 e. The summed E-state index contributed by atoms with van der Waals surface area (Å²) in [6.07, 6.45) is 5.22. The Labute approximate surface area is 143 Å². The first kappa shape index (κ1) is 18.0. The molecule has 5 heteroatoms. The van der Waals surface area contributed by atoms with E-state index in [-0.39, 0.29) is 0 Å². The summed E-state index contributed by atoms with van der Waals surface area (Å²) in [5, 5.41) is 15.6. The average Bonchev–Trinajstić information content (AvgIpc) is 2.96. The van der Waals surface area contributed by atoms with Gasteiger partial charge in [0.05, 0.1) is 0 Å². The van der Waals surface area contributed by atoms with Crippen molar-refractivity contribution in [1.82, 2.24) is 10.2 Å². The highest BCUT2D eigenvalue weighted by atomic mass is 35.5. The van der Waals surface area contributed by atoms with E-state index in [2.05, 4.69) is 17.1 Å². The van der Waals surface area contributed by atoms with E-state index in [0.29, 0.717) is 23.0 Å². The summed E-state index contributed by atoms with van der Waals surface area (Å²) >= 11 is 12.3. The van der Waals surface area contributed by atoms with Crippen molar-refractivity contribution in [2.24, 2.45) is 0 Å². The maximum atomic E-state index is 11.3. The van der Waals surface area contributed by atoms with Crippen LogP contribution in [-0.2, 0) is 5.60 Å². The van der Waals surface area contributed by atoms with Crippen LogP contribution in [0.4, 0.5) is 0 Å². The molecule has 0 unspecified atom stereocenters. The van der Waals surface area contributed by atoms with E-state index in [0.717, 1.165) is 31.6 Å². The van der Waals surface area contributed by atoms with Crippen molar-refractivity contribution in [1.29, 1.82) is 0 Å². The minimum absolute atomic E-state index is 0.543. The summed E-state index contributed by atoms with van der Waals surface area (Å²) in [5.41, 5.74) is -0.156. The summed E-state index contributed by atoms with van der Waals surface area (Å²) in [5.74, 6) is 0. The van der Waals surface area contributed by atoms with Gasteiger partial charge in [-0.2, -0.15) is 0 Å². The second-order valence-corrected chi connectivity index (χ2v) is 6.89. The van der Waals surface area contributed by atoms with Gasteiger partial charge in [0.15, 0.2) is 0 Å². The number of rotatable bonds is 8. The third-order valence-corrected chi connectivity index (χ3v) is 4.72. The molecule has 0 bridgehead atoms. The lowest BCUT2D eigenvalue weighted by Gasteiger charge is -2.34. The molecule has 0 saturated carbocycles. The highest BCUT2D eigenvalue weighted by Gasteiger charge is 2.33. The molecule has 1 atom stereocenters. The number of nitrogens with zero attached hydrogens (tertiary/aromatic N) is 1. The van der Waals surface area contributed by atoms with Crippen LogP contribution in [0.15, 0.2) is 18.2 Å². The zero-order valence-electron chi connectivity index (χ0n) is 13.1. The first-order valence-electron chi connectivity index (χ1n) is 8.00. The van der Waals surface area contributed by atoms with Crippen molar-refractivity contribution in [2.75, 3.05) is 19.8 Å². The molecule has 0 spiro atoms. The van der Waals surface area contributed by atoms with Crippen LogP contribution in [0.2, 0.25) is 10.0 Å². The fraction of sp³-hybridized carbons (Fsp3) is 0.588. The Morgan fingerprint density at radius 3 is 2.77 bits per heavy atom. The average molecular weight is 344 g/mol. The lowest BCUT2D eigenvalue weighted by molar-refractivity contribution is -0.00505. The largest absolute Gasteiger partial charge is 0.457 e. The van der Waals surface area contributed by atoms with Crippen LogP contribution in [0.25, 0.3) is 0 Å². The Morgan fingerprint density at radius 1 is 1.32 bits per heavy atom. The van der Waals surface area contributed by atoms with Crippen molar-refractivity contribution in [3.63, 3.8) is 0 Å². The number of unbranched alkanes of at least 4 members (excludes halogenated alkanes) is 3. The Bertz CT molecular complexity index is 478. The fourth-order valence-electron chi connectivity index (χ4n) is 2.95. The van der Waals surface area contributed by atoms with E-state index in [1.807, 2.05) is 12.6 Å². The highest BCUT2D eigenvalue weighted by molar-refractivity contribution is 6.35. The molecule has 0 aliphatic carbocycles. The number of halogens is 2. The van der Waals surface area contributed by atoms with Gasteiger partial charge in [0.1, 0.15) is 5.60 Å². The second kappa shape index (κ2) is 8.51. The van der Waals surface area contributed by atoms with Crippen LogP contribution in [0, 0.1) is 6.54 Å². The lowest BCUT2D eigenvalue weighted by Crippen LogP contribution is -2.40. The van der Waals surface area contributed by atoms with E-state index in [1.165, 1.54) is 12.8 Å². The van der Waals surface area contributed by atoms with Crippen molar-refractivity contribution >= 4 is 23.2 Å². The van der Waals surface area contributed by atoms with Gasteiger partial charge in [-0.3, -0.25) is 6.54 Å². The predicted octanol–water partition coefficient (Wildman–Crippen LogP) is 4.18. The quantitative estimate of drug-likeness (QED) is 0.549. The lowest BCUT2D eigenvalue weighted by atomic mass is 9.87. The molecule has 0 amide bonds. The van der Waals surface area contributed by atoms with E-state index in [4.69, 9.17) is 23.2 Å². The molecule has 0 radical (unpaired) electrons. The number of benzene rings is 1. The normalized spacial score (nSPS) is 18.5. The van der Waals surface area contributed by atoms with Crippen LogP contribution in [-0.4, -0.2) is 29.8 Å².